The third kappa shape index (κ3) is 2.02. The first-order chi connectivity index (χ1) is 6.36. The van der Waals surface area contributed by atoms with E-state index in [9.17, 15) is 0 Å². The second-order valence-corrected chi connectivity index (χ2v) is 3.98. The molecule has 0 spiro atoms. The summed E-state index contributed by atoms with van der Waals surface area (Å²) in [5, 5.41) is 3.49. The van der Waals surface area contributed by atoms with E-state index in [0.29, 0.717) is 6.04 Å². The maximum absolute atomic E-state index is 3.99. The van der Waals surface area contributed by atoms with Gasteiger partial charge in [-0.3, -0.25) is 0 Å². The smallest absolute Gasteiger partial charge is 0.123 e. The summed E-state index contributed by atoms with van der Waals surface area (Å²) in [5.41, 5.74) is 0. The van der Waals surface area contributed by atoms with Gasteiger partial charge in [-0.15, -0.1) is 0 Å². The molecule has 1 fully saturated rings. The highest BCUT2D eigenvalue weighted by atomic mass is 15.1. The summed E-state index contributed by atoms with van der Waals surface area (Å²) in [5.74, 6) is 1.84. The van der Waals surface area contributed by atoms with E-state index in [-0.39, 0.29) is 0 Å². The van der Waals surface area contributed by atoms with E-state index in [1.807, 2.05) is 6.20 Å². The van der Waals surface area contributed by atoms with Crippen LogP contribution in [0.1, 0.15) is 32.6 Å². The Bertz CT molecular complexity index is 243. The van der Waals surface area contributed by atoms with Crippen LogP contribution in [0.15, 0.2) is 12.5 Å². The molecule has 1 aromatic rings. The topological polar surface area (TPSA) is 40.7 Å². The fourth-order valence-corrected chi connectivity index (χ4v) is 2.07. The number of nitrogens with zero attached hydrogens (tertiary/aromatic N) is 1. The van der Waals surface area contributed by atoms with Crippen LogP contribution >= 0.6 is 0 Å². The lowest BCUT2D eigenvalue weighted by atomic mass is 9.86. The molecular weight excluding hydrogens is 162 g/mol. The minimum absolute atomic E-state index is 0.634. The van der Waals surface area contributed by atoms with Crippen molar-refractivity contribution in [3.63, 3.8) is 0 Å². The van der Waals surface area contributed by atoms with Crippen LogP contribution in [-0.4, -0.2) is 16.0 Å². The number of aromatic amines is 1. The van der Waals surface area contributed by atoms with Crippen molar-refractivity contribution >= 4 is 5.82 Å². The molecule has 2 unspecified atom stereocenters. The number of hydrogen-bond donors (Lipinski definition) is 2. The Morgan fingerprint density at radius 3 is 3.00 bits per heavy atom. The van der Waals surface area contributed by atoms with Crippen LogP contribution in [-0.2, 0) is 0 Å². The number of hydrogen-bond acceptors (Lipinski definition) is 2. The molecule has 72 valence electrons. The third-order valence-electron chi connectivity index (χ3n) is 2.95. The van der Waals surface area contributed by atoms with Crippen molar-refractivity contribution in [3.8, 4) is 0 Å². The molecule has 0 aromatic carbocycles. The largest absolute Gasteiger partial charge is 0.367 e. The van der Waals surface area contributed by atoms with Crippen molar-refractivity contribution < 1.29 is 0 Å². The Morgan fingerprint density at radius 2 is 2.31 bits per heavy atom. The predicted octanol–water partition coefficient (Wildman–Crippen LogP) is 2.40. The van der Waals surface area contributed by atoms with Crippen molar-refractivity contribution in [2.75, 3.05) is 5.32 Å². The molecule has 3 heteroatoms. The molecule has 2 atom stereocenters. The molecular formula is C10H17N3. The first-order valence-electron chi connectivity index (χ1n) is 5.11. The quantitative estimate of drug-likeness (QED) is 0.732. The van der Waals surface area contributed by atoms with Gasteiger partial charge in [0, 0.05) is 6.04 Å². The van der Waals surface area contributed by atoms with Crippen LogP contribution in [0.2, 0.25) is 0 Å². The predicted molar refractivity (Wildman–Crippen MR) is 53.6 cm³/mol. The zero-order chi connectivity index (χ0) is 9.10. The number of imidazole rings is 1. The summed E-state index contributed by atoms with van der Waals surface area (Å²) < 4.78 is 0. The van der Waals surface area contributed by atoms with Crippen molar-refractivity contribution in [2.45, 2.75) is 38.6 Å². The fourth-order valence-electron chi connectivity index (χ4n) is 2.07. The molecule has 2 N–H and O–H groups in total. The van der Waals surface area contributed by atoms with Crippen LogP contribution in [0.3, 0.4) is 0 Å². The van der Waals surface area contributed by atoms with E-state index in [0.717, 1.165) is 11.7 Å². The Kier molecular flexibility index (Phi) is 2.52. The van der Waals surface area contributed by atoms with E-state index in [2.05, 4.69) is 22.2 Å². The number of aromatic nitrogens is 2. The van der Waals surface area contributed by atoms with Gasteiger partial charge < -0.3 is 10.3 Å². The van der Waals surface area contributed by atoms with Gasteiger partial charge in [0.05, 0.1) is 12.5 Å². The van der Waals surface area contributed by atoms with Gasteiger partial charge >= 0.3 is 0 Å². The van der Waals surface area contributed by atoms with Gasteiger partial charge in [-0.2, -0.15) is 0 Å². The summed E-state index contributed by atoms with van der Waals surface area (Å²) in [4.78, 5) is 7.08. The molecule has 0 amide bonds. The molecule has 13 heavy (non-hydrogen) atoms. The van der Waals surface area contributed by atoms with Gasteiger partial charge in [-0.1, -0.05) is 19.8 Å². The molecule has 1 aromatic heterocycles. The Morgan fingerprint density at radius 1 is 1.46 bits per heavy atom. The van der Waals surface area contributed by atoms with Crippen molar-refractivity contribution in [1.29, 1.82) is 0 Å². The normalized spacial score (nSPS) is 28.7. The second-order valence-electron chi connectivity index (χ2n) is 3.98. The number of anilines is 1. The Labute approximate surface area is 79.0 Å². The monoisotopic (exact) mass is 179 g/mol. The van der Waals surface area contributed by atoms with Crippen LogP contribution in [0.5, 0.6) is 0 Å². The van der Waals surface area contributed by atoms with Crippen LogP contribution in [0, 0.1) is 5.92 Å². The van der Waals surface area contributed by atoms with Gasteiger partial charge in [0.1, 0.15) is 5.82 Å². The lowest BCUT2D eigenvalue weighted by Gasteiger charge is -2.29. The average molecular weight is 179 g/mol. The number of rotatable bonds is 2. The number of H-pyrrole nitrogens is 1. The van der Waals surface area contributed by atoms with Gasteiger partial charge in [0.2, 0.25) is 0 Å². The van der Waals surface area contributed by atoms with E-state index in [1.54, 1.807) is 6.33 Å². The maximum Gasteiger partial charge on any atom is 0.123 e. The van der Waals surface area contributed by atoms with Crippen molar-refractivity contribution in [2.24, 2.45) is 5.92 Å². The zero-order valence-electron chi connectivity index (χ0n) is 8.09. The van der Waals surface area contributed by atoms with E-state index >= 15 is 0 Å². The van der Waals surface area contributed by atoms with Gasteiger partial charge in [-0.25, -0.2) is 4.98 Å². The molecule has 3 nitrogen and oxygen atoms in total. The molecule has 1 aliphatic rings. The first-order valence-corrected chi connectivity index (χ1v) is 5.11. The van der Waals surface area contributed by atoms with Crippen LogP contribution in [0.4, 0.5) is 5.82 Å². The van der Waals surface area contributed by atoms with E-state index in [4.69, 9.17) is 0 Å². The highest BCUT2D eigenvalue weighted by Crippen LogP contribution is 2.25. The minimum atomic E-state index is 0.634. The summed E-state index contributed by atoms with van der Waals surface area (Å²) in [6.45, 7) is 2.33. The molecule has 0 radical (unpaired) electrons. The highest BCUT2D eigenvalue weighted by molar-refractivity contribution is 5.32. The van der Waals surface area contributed by atoms with Crippen molar-refractivity contribution in [3.05, 3.63) is 12.5 Å². The summed E-state index contributed by atoms with van der Waals surface area (Å²) >= 11 is 0. The SMILES string of the molecule is CC1CCCCC1Nc1cnc[nH]1. The molecule has 1 heterocycles. The average Bonchev–Trinajstić information content (AvgIpc) is 2.61. The van der Waals surface area contributed by atoms with E-state index < -0.39 is 0 Å². The molecule has 0 bridgehead atoms. The second kappa shape index (κ2) is 3.81. The summed E-state index contributed by atoms with van der Waals surface area (Å²) in [6, 6.07) is 0.634. The summed E-state index contributed by atoms with van der Waals surface area (Å²) in [6.07, 6.45) is 8.96. The van der Waals surface area contributed by atoms with Crippen molar-refractivity contribution in [1.82, 2.24) is 9.97 Å². The highest BCUT2D eigenvalue weighted by Gasteiger charge is 2.20. The Hall–Kier alpha value is -0.990. The molecule has 0 aliphatic heterocycles. The first kappa shape index (κ1) is 8.60. The zero-order valence-corrected chi connectivity index (χ0v) is 8.09. The van der Waals surface area contributed by atoms with Gasteiger partial charge in [0.25, 0.3) is 0 Å². The van der Waals surface area contributed by atoms with Crippen LogP contribution in [0.25, 0.3) is 0 Å². The molecule has 1 saturated carbocycles. The number of nitrogens with one attached hydrogen (secondary N) is 2. The lowest BCUT2D eigenvalue weighted by Crippen LogP contribution is -2.30. The third-order valence-corrected chi connectivity index (χ3v) is 2.95. The molecule has 1 aliphatic carbocycles. The fraction of sp³-hybridized carbons (Fsp3) is 0.700. The minimum Gasteiger partial charge on any atom is -0.367 e. The maximum atomic E-state index is 3.99. The lowest BCUT2D eigenvalue weighted by molar-refractivity contribution is 0.349. The van der Waals surface area contributed by atoms with Gasteiger partial charge in [-0.05, 0) is 18.8 Å². The van der Waals surface area contributed by atoms with Crippen LogP contribution < -0.4 is 5.32 Å². The summed E-state index contributed by atoms with van der Waals surface area (Å²) in [7, 11) is 0. The Balaban J connectivity index is 1.93. The molecule has 0 saturated heterocycles. The molecule has 2 rings (SSSR count). The standard InChI is InChI=1S/C10H17N3/c1-8-4-2-3-5-9(8)13-10-6-11-7-12-10/h6-9,13H,2-5H2,1H3,(H,11,12). The van der Waals surface area contributed by atoms with E-state index in [1.165, 1.54) is 25.7 Å². The van der Waals surface area contributed by atoms with Gasteiger partial charge in [0.15, 0.2) is 0 Å².